The lowest BCUT2D eigenvalue weighted by Gasteiger charge is -2.32. The summed E-state index contributed by atoms with van der Waals surface area (Å²) in [6.45, 7) is 7.11. The molecule has 0 spiro atoms. The largest absolute Gasteiger partial charge is 0.450 e. The molecule has 1 atom stereocenters. The molecule has 1 rings (SSSR count). The summed E-state index contributed by atoms with van der Waals surface area (Å²) in [4.78, 5) is 13.3. The highest BCUT2D eigenvalue weighted by molar-refractivity contribution is 5.67. The van der Waals surface area contributed by atoms with Crippen LogP contribution < -0.4 is 5.32 Å². The predicted molar refractivity (Wildman–Crippen MR) is 59.9 cm³/mol. The SMILES string of the molecule is CCCNC1CCCN(C(=O)OCC)C1. The van der Waals surface area contributed by atoms with Crippen LogP contribution in [0.3, 0.4) is 0 Å². The van der Waals surface area contributed by atoms with Gasteiger partial charge in [0.25, 0.3) is 0 Å². The second kappa shape index (κ2) is 6.67. The first-order valence-corrected chi connectivity index (χ1v) is 5.93. The standard InChI is InChI=1S/C11H22N2O2/c1-3-7-12-10-6-5-8-13(9-10)11(14)15-4-2/h10,12H,3-9H2,1-2H3. The van der Waals surface area contributed by atoms with Gasteiger partial charge in [0.2, 0.25) is 0 Å². The van der Waals surface area contributed by atoms with Gasteiger partial charge in [-0.05, 0) is 32.7 Å². The van der Waals surface area contributed by atoms with Crippen molar-refractivity contribution in [1.29, 1.82) is 0 Å². The summed E-state index contributed by atoms with van der Waals surface area (Å²) in [5.41, 5.74) is 0. The maximum atomic E-state index is 11.5. The summed E-state index contributed by atoms with van der Waals surface area (Å²) in [6, 6.07) is 0.447. The van der Waals surface area contributed by atoms with Gasteiger partial charge < -0.3 is 15.0 Å². The Hall–Kier alpha value is -0.770. The van der Waals surface area contributed by atoms with Gasteiger partial charge in [-0.25, -0.2) is 4.79 Å². The van der Waals surface area contributed by atoms with Gasteiger partial charge in [-0.2, -0.15) is 0 Å². The molecule has 0 bridgehead atoms. The van der Waals surface area contributed by atoms with Crippen molar-refractivity contribution in [1.82, 2.24) is 10.2 Å². The third-order valence-corrected chi connectivity index (χ3v) is 2.63. The number of carbonyl (C=O) groups excluding carboxylic acids is 1. The number of rotatable bonds is 4. The molecule has 1 saturated heterocycles. The molecular formula is C11H22N2O2. The normalized spacial score (nSPS) is 21.5. The lowest BCUT2D eigenvalue weighted by Crippen LogP contribution is -2.48. The van der Waals surface area contributed by atoms with Gasteiger partial charge in [-0.1, -0.05) is 6.92 Å². The molecule has 1 N–H and O–H groups in total. The van der Waals surface area contributed by atoms with Gasteiger partial charge in [0.15, 0.2) is 0 Å². The first kappa shape index (κ1) is 12.3. The zero-order valence-corrected chi connectivity index (χ0v) is 9.79. The minimum absolute atomic E-state index is 0.166. The summed E-state index contributed by atoms with van der Waals surface area (Å²) < 4.78 is 4.99. The van der Waals surface area contributed by atoms with E-state index in [0.29, 0.717) is 12.6 Å². The molecule has 4 nitrogen and oxygen atoms in total. The number of hydrogen-bond acceptors (Lipinski definition) is 3. The average Bonchev–Trinajstić information content (AvgIpc) is 2.27. The zero-order valence-electron chi connectivity index (χ0n) is 9.79. The van der Waals surface area contributed by atoms with Crippen molar-refractivity contribution >= 4 is 6.09 Å². The van der Waals surface area contributed by atoms with Gasteiger partial charge in [0.05, 0.1) is 6.61 Å². The van der Waals surface area contributed by atoms with Crippen LogP contribution in [0.2, 0.25) is 0 Å². The average molecular weight is 214 g/mol. The molecule has 4 heteroatoms. The molecule has 0 saturated carbocycles. The van der Waals surface area contributed by atoms with E-state index >= 15 is 0 Å². The van der Waals surface area contributed by atoms with E-state index in [1.54, 1.807) is 4.90 Å². The molecule has 0 aliphatic carbocycles. The van der Waals surface area contributed by atoms with E-state index in [4.69, 9.17) is 4.74 Å². The van der Waals surface area contributed by atoms with Crippen molar-refractivity contribution in [3.8, 4) is 0 Å². The summed E-state index contributed by atoms with van der Waals surface area (Å²) >= 11 is 0. The highest BCUT2D eigenvalue weighted by atomic mass is 16.6. The lowest BCUT2D eigenvalue weighted by molar-refractivity contribution is 0.0930. The highest BCUT2D eigenvalue weighted by Crippen LogP contribution is 2.11. The van der Waals surface area contributed by atoms with Crippen molar-refractivity contribution in [2.45, 2.75) is 39.2 Å². The van der Waals surface area contributed by atoms with E-state index in [0.717, 1.165) is 38.9 Å². The van der Waals surface area contributed by atoms with E-state index in [1.165, 1.54) is 0 Å². The topological polar surface area (TPSA) is 41.6 Å². The number of ether oxygens (including phenoxy) is 1. The first-order valence-electron chi connectivity index (χ1n) is 5.93. The number of likely N-dealkylation sites (tertiary alicyclic amines) is 1. The summed E-state index contributed by atoms with van der Waals surface area (Å²) in [5, 5.41) is 3.45. The van der Waals surface area contributed by atoms with Crippen LogP contribution in [0.25, 0.3) is 0 Å². The Labute approximate surface area is 92.0 Å². The van der Waals surface area contributed by atoms with Crippen molar-refractivity contribution < 1.29 is 9.53 Å². The Kier molecular flexibility index (Phi) is 5.47. The van der Waals surface area contributed by atoms with E-state index < -0.39 is 0 Å². The number of nitrogens with zero attached hydrogens (tertiary/aromatic N) is 1. The molecule has 1 fully saturated rings. The predicted octanol–water partition coefficient (Wildman–Crippen LogP) is 1.61. The maximum absolute atomic E-state index is 11.5. The van der Waals surface area contributed by atoms with Crippen LogP contribution >= 0.6 is 0 Å². The number of nitrogens with one attached hydrogen (secondary N) is 1. The van der Waals surface area contributed by atoms with Crippen molar-refractivity contribution in [2.75, 3.05) is 26.2 Å². The van der Waals surface area contributed by atoms with Crippen molar-refractivity contribution in [2.24, 2.45) is 0 Å². The van der Waals surface area contributed by atoms with Gasteiger partial charge in [-0.15, -0.1) is 0 Å². The molecule has 1 heterocycles. The molecule has 0 radical (unpaired) electrons. The smallest absolute Gasteiger partial charge is 0.409 e. The van der Waals surface area contributed by atoms with Gasteiger partial charge >= 0.3 is 6.09 Å². The second-order valence-electron chi connectivity index (χ2n) is 3.94. The summed E-state index contributed by atoms with van der Waals surface area (Å²) in [7, 11) is 0. The number of carbonyl (C=O) groups is 1. The minimum atomic E-state index is -0.166. The molecular weight excluding hydrogens is 192 g/mol. The van der Waals surface area contributed by atoms with Crippen molar-refractivity contribution in [3.05, 3.63) is 0 Å². The van der Waals surface area contributed by atoms with E-state index in [9.17, 15) is 4.79 Å². The quantitative estimate of drug-likeness (QED) is 0.773. The number of piperidine rings is 1. The molecule has 0 aromatic carbocycles. The lowest BCUT2D eigenvalue weighted by atomic mass is 10.1. The minimum Gasteiger partial charge on any atom is -0.450 e. The van der Waals surface area contributed by atoms with Crippen molar-refractivity contribution in [3.63, 3.8) is 0 Å². The van der Waals surface area contributed by atoms with Gasteiger partial charge in [-0.3, -0.25) is 0 Å². The van der Waals surface area contributed by atoms with Crippen LogP contribution in [0.4, 0.5) is 4.79 Å². The second-order valence-corrected chi connectivity index (χ2v) is 3.94. The fourth-order valence-corrected chi connectivity index (χ4v) is 1.87. The van der Waals surface area contributed by atoms with Crippen LogP contribution in [0.15, 0.2) is 0 Å². The maximum Gasteiger partial charge on any atom is 0.409 e. The van der Waals surface area contributed by atoms with Crippen LogP contribution in [0.1, 0.15) is 33.1 Å². The van der Waals surface area contributed by atoms with E-state index in [2.05, 4.69) is 12.2 Å². The van der Waals surface area contributed by atoms with Gasteiger partial charge in [0.1, 0.15) is 0 Å². The summed E-state index contributed by atoms with van der Waals surface area (Å²) in [6.07, 6.45) is 3.20. The van der Waals surface area contributed by atoms with Crippen LogP contribution in [0, 0.1) is 0 Å². The fraction of sp³-hybridized carbons (Fsp3) is 0.909. The molecule has 1 aliphatic heterocycles. The molecule has 0 aromatic rings. The van der Waals surface area contributed by atoms with Crippen LogP contribution in [-0.2, 0) is 4.74 Å². The zero-order chi connectivity index (χ0) is 11.1. The number of hydrogen-bond donors (Lipinski definition) is 1. The Morgan fingerprint density at radius 3 is 3.00 bits per heavy atom. The van der Waals surface area contributed by atoms with E-state index in [1.807, 2.05) is 6.92 Å². The first-order chi connectivity index (χ1) is 7.27. The Morgan fingerprint density at radius 2 is 2.33 bits per heavy atom. The third-order valence-electron chi connectivity index (χ3n) is 2.63. The molecule has 1 amide bonds. The molecule has 1 aliphatic rings. The van der Waals surface area contributed by atoms with Gasteiger partial charge in [0, 0.05) is 19.1 Å². The van der Waals surface area contributed by atoms with E-state index in [-0.39, 0.29) is 6.09 Å². The fourth-order valence-electron chi connectivity index (χ4n) is 1.87. The molecule has 1 unspecified atom stereocenters. The number of amides is 1. The molecule has 0 aromatic heterocycles. The molecule has 88 valence electrons. The molecule has 15 heavy (non-hydrogen) atoms. The third kappa shape index (κ3) is 4.08. The Morgan fingerprint density at radius 1 is 1.53 bits per heavy atom. The van der Waals surface area contributed by atoms with Crippen LogP contribution in [0.5, 0.6) is 0 Å². The Bertz CT molecular complexity index is 197. The summed E-state index contributed by atoms with van der Waals surface area (Å²) in [5.74, 6) is 0. The Balaban J connectivity index is 2.31. The van der Waals surface area contributed by atoms with Crippen LogP contribution in [-0.4, -0.2) is 43.3 Å². The highest BCUT2D eigenvalue weighted by Gasteiger charge is 2.23. The monoisotopic (exact) mass is 214 g/mol.